The van der Waals surface area contributed by atoms with Gasteiger partial charge in [-0.2, -0.15) is 0 Å². The molecular formula is C24H25F3N2O4. The zero-order valence-corrected chi connectivity index (χ0v) is 18.7. The molecule has 0 aliphatic rings. The molecule has 0 spiro atoms. The molecule has 176 valence electrons. The molecule has 3 aromatic rings. The quantitative estimate of drug-likeness (QED) is 0.497. The Kier molecular flexibility index (Phi) is 6.56. The molecule has 1 atom stereocenters. The van der Waals surface area contributed by atoms with E-state index in [9.17, 15) is 33.0 Å². The lowest BCUT2D eigenvalue weighted by Gasteiger charge is -2.33. The van der Waals surface area contributed by atoms with Crippen LogP contribution in [0.5, 0.6) is 0 Å². The van der Waals surface area contributed by atoms with Crippen molar-refractivity contribution in [3.63, 3.8) is 0 Å². The van der Waals surface area contributed by atoms with Gasteiger partial charge in [0.15, 0.2) is 0 Å². The lowest BCUT2D eigenvalue weighted by Crippen LogP contribution is -2.30. The minimum Gasteiger partial charge on any atom is -0.477 e. The molecule has 0 radical (unpaired) electrons. The third-order valence-electron chi connectivity index (χ3n) is 5.68. The minimum absolute atomic E-state index is 0.0748. The Labute approximate surface area is 188 Å². The average Bonchev–Trinajstić information content (AvgIpc) is 2.68. The molecule has 0 aliphatic carbocycles. The summed E-state index contributed by atoms with van der Waals surface area (Å²) in [5.41, 5.74) is -0.631. The summed E-state index contributed by atoms with van der Waals surface area (Å²) < 4.78 is 42.8. The van der Waals surface area contributed by atoms with E-state index in [0.29, 0.717) is 28.9 Å². The number of carboxylic acid groups (broad SMARTS) is 1. The number of hydrogen-bond acceptors (Lipinski definition) is 4. The Balaban J connectivity index is 2.17. The molecule has 33 heavy (non-hydrogen) atoms. The number of nitrogens with one attached hydrogen (secondary N) is 1. The van der Waals surface area contributed by atoms with Crippen LogP contribution in [0.25, 0.3) is 10.9 Å². The van der Waals surface area contributed by atoms with Crippen LogP contribution in [-0.2, 0) is 6.54 Å². The molecule has 9 heteroatoms. The zero-order chi connectivity index (χ0) is 24.7. The number of hydrogen-bond donors (Lipinski definition) is 3. The number of carbonyl (C=O) groups is 1. The molecule has 0 aliphatic heterocycles. The van der Waals surface area contributed by atoms with Crippen molar-refractivity contribution in [3.8, 4) is 0 Å². The largest absolute Gasteiger partial charge is 0.477 e. The first-order valence-electron chi connectivity index (χ1n) is 10.3. The van der Waals surface area contributed by atoms with Gasteiger partial charge in [-0.05, 0) is 30.0 Å². The molecule has 3 rings (SSSR count). The SMILES string of the molecule is Cc1cc2c(cc1NCc1c(F)cc(F)cc1F)c(=O)c(C(=O)O)cn2[C@H](CO)C(C)(C)C. The van der Waals surface area contributed by atoms with Crippen molar-refractivity contribution in [3.05, 3.63) is 74.8 Å². The van der Waals surface area contributed by atoms with Crippen LogP contribution < -0.4 is 10.7 Å². The number of pyridine rings is 1. The van der Waals surface area contributed by atoms with E-state index in [1.54, 1.807) is 17.6 Å². The van der Waals surface area contributed by atoms with Crippen molar-refractivity contribution >= 4 is 22.6 Å². The molecule has 1 heterocycles. The van der Waals surface area contributed by atoms with Crippen molar-refractivity contribution in [2.75, 3.05) is 11.9 Å². The van der Waals surface area contributed by atoms with E-state index >= 15 is 0 Å². The van der Waals surface area contributed by atoms with Crippen molar-refractivity contribution < 1.29 is 28.2 Å². The summed E-state index contributed by atoms with van der Waals surface area (Å²) in [4.78, 5) is 24.7. The first kappa shape index (κ1) is 24.3. The van der Waals surface area contributed by atoms with Crippen molar-refractivity contribution in [1.29, 1.82) is 0 Å². The van der Waals surface area contributed by atoms with E-state index in [1.165, 1.54) is 12.3 Å². The van der Waals surface area contributed by atoms with Crippen LogP contribution in [0.2, 0.25) is 0 Å². The molecule has 0 fully saturated rings. The minimum atomic E-state index is -1.41. The van der Waals surface area contributed by atoms with Gasteiger partial charge >= 0.3 is 5.97 Å². The highest BCUT2D eigenvalue weighted by atomic mass is 19.1. The van der Waals surface area contributed by atoms with Crippen LogP contribution in [0.15, 0.2) is 35.3 Å². The number of aliphatic hydroxyl groups excluding tert-OH is 1. The summed E-state index contributed by atoms with van der Waals surface area (Å²) in [7, 11) is 0. The number of halogens is 3. The van der Waals surface area contributed by atoms with Gasteiger partial charge in [-0.3, -0.25) is 4.79 Å². The maximum atomic E-state index is 14.0. The zero-order valence-electron chi connectivity index (χ0n) is 18.7. The van der Waals surface area contributed by atoms with Gasteiger partial charge in [-0.15, -0.1) is 0 Å². The van der Waals surface area contributed by atoms with Gasteiger partial charge in [0, 0.05) is 41.5 Å². The second kappa shape index (κ2) is 8.90. The van der Waals surface area contributed by atoms with E-state index < -0.39 is 45.9 Å². The van der Waals surface area contributed by atoms with Gasteiger partial charge in [-0.25, -0.2) is 18.0 Å². The van der Waals surface area contributed by atoms with Crippen molar-refractivity contribution in [2.24, 2.45) is 5.41 Å². The second-order valence-electron chi connectivity index (χ2n) is 9.03. The predicted molar refractivity (Wildman–Crippen MR) is 119 cm³/mol. The predicted octanol–water partition coefficient (Wildman–Crippen LogP) is 4.62. The molecule has 3 N–H and O–H groups in total. The Hall–Kier alpha value is -3.33. The van der Waals surface area contributed by atoms with E-state index in [0.717, 1.165) is 0 Å². The second-order valence-corrected chi connectivity index (χ2v) is 9.03. The molecule has 6 nitrogen and oxygen atoms in total. The Morgan fingerprint density at radius 1 is 1.12 bits per heavy atom. The van der Waals surface area contributed by atoms with Crippen molar-refractivity contribution in [2.45, 2.75) is 40.3 Å². The number of benzene rings is 2. The Morgan fingerprint density at radius 2 is 1.73 bits per heavy atom. The highest BCUT2D eigenvalue weighted by molar-refractivity contribution is 5.94. The summed E-state index contributed by atoms with van der Waals surface area (Å²) in [5, 5.41) is 22.5. The number of aryl methyl sites for hydroxylation is 1. The highest BCUT2D eigenvalue weighted by Crippen LogP contribution is 2.34. The lowest BCUT2D eigenvalue weighted by atomic mass is 9.86. The number of fused-ring (bicyclic) bond motifs is 1. The Bertz CT molecular complexity index is 1270. The normalized spacial score (nSPS) is 12.7. The van der Waals surface area contributed by atoms with Gasteiger partial charge in [0.1, 0.15) is 23.0 Å². The number of aromatic carboxylic acids is 1. The molecule has 0 saturated heterocycles. The van der Waals surface area contributed by atoms with Crippen LogP contribution in [0.3, 0.4) is 0 Å². The maximum absolute atomic E-state index is 14.0. The molecule has 0 unspecified atom stereocenters. The van der Waals surface area contributed by atoms with Gasteiger partial charge in [0.05, 0.1) is 18.2 Å². The summed E-state index contributed by atoms with van der Waals surface area (Å²) >= 11 is 0. The first-order valence-corrected chi connectivity index (χ1v) is 10.3. The van der Waals surface area contributed by atoms with E-state index in [-0.39, 0.29) is 24.1 Å². The number of aliphatic hydroxyl groups is 1. The topological polar surface area (TPSA) is 91.6 Å². The van der Waals surface area contributed by atoms with Crippen LogP contribution in [0, 0.1) is 29.8 Å². The number of carboxylic acids is 1. The summed E-state index contributed by atoms with van der Waals surface area (Å²) in [5.74, 6) is -4.55. The molecule has 0 amide bonds. The monoisotopic (exact) mass is 462 g/mol. The summed E-state index contributed by atoms with van der Waals surface area (Å²) in [6, 6.07) is 3.70. The lowest BCUT2D eigenvalue weighted by molar-refractivity contribution is 0.0692. The third kappa shape index (κ3) is 4.73. The fraction of sp³-hybridized carbons (Fsp3) is 0.333. The first-order chi connectivity index (χ1) is 15.3. The van der Waals surface area contributed by atoms with Crippen LogP contribution in [0.4, 0.5) is 18.9 Å². The molecule has 0 bridgehead atoms. The molecule has 0 saturated carbocycles. The number of anilines is 1. The third-order valence-corrected chi connectivity index (χ3v) is 5.68. The van der Waals surface area contributed by atoms with E-state index in [1.807, 2.05) is 20.8 Å². The number of rotatable bonds is 6. The maximum Gasteiger partial charge on any atom is 0.341 e. The van der Waals surface area contributed by atoms with Crippen LogP contribution in [0.1, 0.15) is 48.3 Å². The van der Waals surface area contributed by atoms with Gasteiger partial charge < -0.3 is 20.1 Å². The molecule has 1 aromatic heterocycles. The fourth-order valence-electron chi connectivity index (χ4n) is 3.80. The molecular weight excluding hydrogens is 437 g/mol. The van der Waals surface area contributed by atoms with Crippen LogP contribution in [-0.4, -0.2) is 27.4 Å². The van der Waals surface area contributed by atoms with E-state index in [4.69, 9.17) is 0 Å². The van der Waals surface area contributed by atoms with Gasteiger partial charge in [-0.1, -0.05) is 20.8 Å². The smallest absolute Gasteiger partial charge is 0.341 e. The molecule has 2 aromatic carbocycles. The van der Waals surface area contributed by atoms with Gasteiger partial charge in [0.2, 0.25) is 5.43 Å². The summed E-state index contributed by atoms with van der Waals surface area (Å²) in [6.45, 7) is 6.75. The van der Waals surface area contributed by atoms with E-state index in [2.05, 4.69) is 5.32 Å². The number of aromatic nitrogens is 1. The summed E-state index contributed by atoms with van der Waals surface area (Å²) in [6.07, 6.45) is 1.23. The fourth-order valence-corrected chi connectivity index (χ4v) is 3.80. The highest BCUT2D eigenvalue weighted by Gasteiger charge is 2.28. The van der Waals surface area contributed by atoms with Gasteiger partial charge in [0.25, 0.3) is 0 Å². The Morgan fingerprint density at radius 3 is 2.24 bits per heavy atom. The average molecular weight is 462 g/mol. The standard InChI is InChI=1S/C24H25F3N2O4/c1-12-5-20-14(8-19(12)28-9-15-17(26)6-13(25)7-18(15)27)22(31)16(23(32)33)10-29(20)21(11-30)24(2,3)4/h5-8,10,21,28,30H,9,11H2,1-4H3,(H,32,33)/t21-/m1/s1. The van der Waals surface area contributed by atoms with Crippen LogP contribution >= 0.6 is 0 Å². The number of nitrogens with zero attached hydrogens (tertiary/aromatic N) is 1. The van der Waals surface area contributed by atoms with Crippen molar-refractivity contribution in [1.82, 2.24) is 4.57 Å².